The number of aryl methyl sites for hydroxylation is 2. The topological polar surface area (TPSA) is 72.2 Å². The highest BCUT2D eigenvalue weighted by atomic mass is 32.2. The lowest BCUT2D eigenvalue weighted by molar-refractivity contribution is 0.590. The van der Waals surface area contributed by atoms with E-state index in [1.165, 1.54) is 16.7 Å². The summed E-state index contributed by atoms with van der Waals surface area (Å²) < 4.78 is 21.4. The average Bonchev–Trinajstić information content (AvgIpc) is 2.21. The van der Waals surface area contributed by atoms with Gasteiger partial charge in [-0.1, -0.05) is 18.2 Å². The fourth-order valence-electron chi connectivity index (χ4n) is 1.54. The van der Waals surface area contributed by atoms with E-state index in [9.17, 15) is 8.42 Å². The zero-order valence-electron chi connectivity index (χ0n) is 10.4. The minimum Gasteiger partial charge on any atom is -0.313 e. The van der Waals surface area contributed by atoms with Crippen molar-refractivity contribution in [1.82, 2.24) is 5.32 Å². The largest absolute Gasteiger partial charge is 0.313 e. The smallest absolute Gasteiger partial charge is 0.209 e. The molecule has 0 saturated heterocycles. The van der Waals surface area contributed by atoms with Gasteiger partial charge in [0.15, 0.2) is 0 Å². The summed E-state index contributed by atoms with van der Waals surface area (Å²) in [7, 11) is -3.32. The number of sulfonamides is 1. The van der Waals surface area contributed by atoms with Crippen LogP contribution in [0.25, 0.3) is 0 Å². The summed E-state index contributed by atoms with van der Waals surface area (Å²) in [6, 6.07) is 6.31. The Balaban J connectivity index is 2.29. The van der Waals surface area contributed by atoms with Crippen molar-refractivity contribution in [1.29, 1.82) is 0 Å². The molecule has 1 aromatic carbocycles. The van der Waals surface area contributed by atoms with E-state index in [1.54, 1.807) is 0 Å². The minimum atomic E-state index is -3.32. The molecule has 0 spiro atoms. The predicted molar refractivity (Wildman–Crippen MR) is 70.2 cm³/mol. The maximum Gasteiger partial charge on any atom is 0.209 e. The number of nitrogens with one attached hydrogen (secondary N) is 1. The van der Waals surface area contributed by atoms with Crippen molar-refractivity contribution in [3.8, 4) is 0 Å². The van der Waals surface area contributed by atoms with Gasteiger partial charge >= 0.3 is 0 Å². The average molecular weight is 256 g/mol. The molecule has 96 valence electrons. The van der Waals surface area contributed by atoms with Crippen LogP contribution in [0.5, 0.6) is 0 Å². The van der Waals surface area contributed by atoms with Gasteiger partial charge in [-0.15, -0.1) is 0 Å². The van der Waals surface area contributed by atoms with Gasteiger partial charge in [0.2, 0.25) is 10.0 Å². The Morgan fingerprint density at radius 2 is 1.94 bits per heavy atom. The first-order chi connectivity index (χ1) is 7.88. The molecule has 5 heteroatoms. The van der Waals surface area contributed by atoms with E-state index in [0.29, 0.717) is 13.0 Å². The number of rotatable bonds is 6. The van der Waals surface area contributed by atoms with E-state index in [4.69, 9.17) is 5.14 Å². The fraction of sp³-hybridized carbons (Fsp3) is 0.500. The van der Waals surface area contributed by atoms with Gasteiger partial charge in [-0.05, 0) is 43.5 Å². The van der Waals surface area contributed by atoms with Crippen molar-refractivity contribution in [3.63, 3.8) is 0 Å². The molecule has 0 unspecified atom stereocenters. The van der Waals surface area contributed by atoms with E-state index in [2.05, 4.69) is 37.4 Å². The fourth-order valence-corrected chi connectivity index (χ4v) is 2.09. The van der Waals surface area contributed by atoms with Gasteiger partial charge < -0.3 is 5.32 Å². The van der Waals surface area contributed by atoms with Crippen LogP contribution in [0.1, 0.15) is 23.1 Å². The normalized spacial score (nSPS) is 11.7. The summed E-state index contributed by atoms with van der Waals surface area (Å²) in [4.78, 5) is 0. The Bertz CT molecular complexity index is 469. The van der Waals surface area contributed by atoms with Gasteiger partial charge in [0.1, 0.15) is 0 Å². The van der Waals surface area contributed by atoms with Crippen LogP contribution in [0, 0.1) is 13.8 Å². The zero-order valence-corrected chi connectivity index (χ0v) is 11.2. The Hall–Kier alpha value is -0.910. The molecular formula is C12H20N2O2S. The van der Waals surface area contributed by atoms with Gasteiger partial charge in [-0.2, -0.15) is 0 Å². The number of nitrogens with two attached hydrogens (primary N) is 1. The highest BCUT2D eigenvalue weighted by Crippen LogP contribution is 2.09. The van der Waals surface area contributed by atoms with Gasteiger partial charge in [-0.25, -0.2) is 13.6 Å². The summed E-state index contributed by atoms with van der Waals surface area (Å²) in [6.45, 7) is 5.58. The second kappa shape index (κ2) is 6.14. The maximum absolute atomic E-state index is 10.7. The van der Waals surface area contributed by atoms with Crippen LogP contribution in [0.4, 0.5) is 0 Å². The van der Waals surface area contributed by atoms with Crippen molar-refractivity contribution in [2.45, 2.75) is 26.8 Å². The Morgan fingerprint density at radius 1 is 1.24 bits per heavy atom. The highest BCUT2D eigenvalue weighted by molar-refractivity contribution is 7.89. The first kappa shape index (κ1) is 14.2. The lowest BCUT2D eigenvalue weighted by Gasteiger charge is -2.07. The van der Waals surface area contributed by atoms with E-state index in [-0.39, 0.29) is 5.75 Å². The zero-order chi connectivity index (χ0) is 12.9. The number of primary sulfonamides is 1. The first-order valence-electron chi connectivity index (χ1n) is 5.66. The summed E-state index contributed by atoms with van der Waals surface area (Å²) in [6.07, 6.45) is 0.545. The van der Waals surface area contributed by atoms with Crippen molar-refractivity contribution >= 4 is 10.0 Å². The van der Waals surface area contributed by atoms with Crippen LogP contribution in [-0.2, 0) is 16.6 Å². The van der Waals surface area contributed by atoms with Crippen LogP contribution >= 0.6 is 0 Å². The minimum absolute atomic E-state index is 0.0346. The van der Waals surface area contributed by atoms with Crippen molar-refractivity contribution in [3.05, 3.63) is 34.9 Å². The molecule has 0 aliphatic rings. The molecular weight excluding hydrogens is 236 g/mol. The van der Waals surface area contributed by atoms with Crippen LogP contribution < -0.4 is 10.5 Å². The van der Waals surface area contributed by atoms with E-state index >= 15 is 0 Å². The first-order valence-corrected chi connectivity index (χ1v) is 7.37. The predicted octanol–water partition coefficient (Wildman–Crippen LogP) is 1.07. The van der Waals surface area contributed by atoms with E-state index < -0.39 is 10.0 Å². The number of benzene rings is 1. The van der Waals surface area contributed by atoms with E-state index in [1.807, 2.05) is 0 Å². The highest BCUT2D eigenvalue weighted by Gasteiger charge is 2.01. The molecule has 0 fully saturated rings. The van der Waals surface area contributed by atoms with E-state index in [0.717, 1.165) is 6.54 Å². The third-order valence-electron chi connectivity index (χ3n) is 2.68. The Labute approximate surface area is 103 Å². The Kier molecular flexibility index (Phi) is 5.11. The molecule has 0 atom stereocenters. The molecule has 0 aliphatic heterocycles. The maximum atomic E-state index is 10.7. The second-order valence-electron chi connectivity index (χ2n) is 4.32. The molecule has 1 rings (SSSR count). The molecule has 17 heavy (non-hydrogen) atoms. The number of hydrogen-bond acceptors (Lipinski definition) is 3. The van der Waals surface area contributed by atoms with Gasteiger partial charge in [0.05, 0.1) is 5.75 Å². The Morgan fingerprint density at radius 3 is 2.53 bits per heavy atom. The lowest BCUT2D eigenvalue weighted by Crippen LogP contribution is -2.22. The second-order valence-corrected chi connectivity index (χ2v) is 6.05. The molecule has 0 bridgehead atoms. The van der Waals surface area contributed by atoms with Crippen molar-refractivity contribution in [2.24, 2.45) is 5.14 Å². The SMILES string of the molecule is Cc1ccc(CNCCCS(N)(=O)=O)cc1C. The van der Waals surface area contributed by atoms with Gasteiger partial charge in [0.25, 0.3) is 0 Å². The van der Waals surface area contributed by atoms with Crippen LogP contribution in [0.3, 0.4) is 0 Å². The third kappa shape index (κ3) is 5.81. The molecule has 0 heterocycles. The van der Waals surface area contributed by atoms with Crippen molar-refractivity contribution in [2.75, 3.05) is 12.3 Å². The van der Waals surface area contributed by atoms with Gasteiger partial charge in [0, 0.05) is 6.54 Å². The van der Waals surface area contributed by atoms with Crippen molar-refractivity contribution < 1.29 is 8.42 Å². The van der Waals surface area contributed by atoms with Crippen LogP contribution in [-0.4, -0.2) is 20.7 Å². The van der Waals surface area contributed by atoms with Gasteiger partial charge in [-0.3, -0.25) is 0 Å². The number of hydrogen-bond donors (Lipinski definition) is 2. The molecule has 3 N–H and O–H groups in total. The lowest BCUT2D eigenvalue weighted by atomic mass is 10.1. The monoisotopic (exact) mass is 256 g/mol. The molecule has 1 aromatic rings. The summed E-state index contributed by atoms with van der Waals surface area (Å²) >= 11 is 0. The summed E-state index contributed by atoms with van der Waals surface area (Å²) in [5.74, 6) is 0.0346. The quantitative estimate of drug-likeness (QED) is 0.748. The molecule has 0 radical (unpaired) electrons. The molecule has 0 aliphatic carbocycles. The molecule has 0 amide bonds. The van der Waals surface area contributed by atoms with Crippen LogP contribution in [0.15, 0.2) is 18.2 Å². The van der Waals surface area contributed by atoms with Crippen LogP contribution in [0.2, 0.25) is 0 Å². The molecule has 4 nitrogen and oxygen atoms in total. The molecule has 0 aromatic heterocycles. The standard InChI is InChI=1S/C12H20N2O2S/c1-10-4-5-12(8-11(10)2)9-14-6-3-7-17(13,15)16/h4-5,8,14H,3,6-7,9H2,1-2H3,(H2,13,15,16). The summed E-state index contributed by atoms with van der Waals surface area (Å²) in [5, 5.41) is 8.11. The molecule has 0 saturated carbocycles. The summed E-state index contributed by atoms with van der Waals surface area (Å²) in [5.41, 5.74) is 3.76. The third-order valence-corrected chi connectivity index (χ3v) is 3.54.